The first-order valence-electron chi connectivity index (χ1n) is 5.74. The highest BCUT2D eigenvalue weighted by atomic mass is 32.2. The minimum absolute atomic E-state index is 0.847. The molecule has 0 amide bonds. The van der Waals surface area contributed by atoms with E-state index < -0.39 is 0 Å². The number of hydrogen-bond donors (Lipinski definition) is 1. The molecular weight excluding hydrogens is 218 g/mol. The van der Waals surface area contributed by atoms with E-state index >= 15 is 0 Å². The van der Waals surface area contributed by atoms with Crippen molar-refractivity contribution in [1.29, 1.82) is 0 Å². The summed E-state index contributed by atoms with van der Waals surface area (Å²) in [6.45, 7) is 7.17. The molecule has 90 valence electrons. The summed E-state index contributed by atoms with van der Waals surface area (Å²) in [4.78, 5) is 9.10. The highest BCUT2D eigenvalue weighted by Gasteiger charge is 2.07. The molecule has 1 heterocycles. The van der Waals surface area contributed by atoms with Crippen LogP contribution in [-0.4, -0.2) is 22.8 Å². The smallest absolute Gasteiger partial charge is 0.138 e. The molecule has 1 aromatic heterocycles. The van der Waals surface area contributed by atoms with E-state index in [2.05, 4.69) is 36.1 Å². The van der Waals surface area contributed by atoms with Crippen LogP contribution >= 0.6 is 11.8 Å². The van der Waals surface area contributed by atoms with E-state index in [4.69, 9.17) is 0 Å². The number of nitrogens with one attached hydrogen (secondary N) is 1. The number of nitrogens with zero attached hydrogens (tertiary/aromatic N) is 2. The van der Waals surface area contributed by atoms with E-state index in [1.54, 1.807) is 0 Å². The first-order valence-corrected chi connectivity index (χ1v) is 6.89. The van der Waals surface area contributed by atoms with E-state index in [1.165, 1.54) is 17.7 Å². The van der Waals surface area contributed by atoms with Crippen molar-refractivity contribution in [3.05, 3.63) is 22.8 Å². The molecular formula is C12H21N3S. The molecule has 0 fully saturated rings. The highest BCUT2D eigenvalue weighted by Crippen LogP contribution is 2.14. The topological polar surface area (TPSA) is 37.8 Å². The van der Waals surface area contributed by atoms with E-state index in [0.717, 1.165) is 29.5 Å². The second-order valence-corrected chi connectivity index (χ2v) is 4.98. The maximum absolute atomic E-state index is 4.55. The molecule has 0 saturated carbocycles. The van der Waals surface area contributed by atoms with E-state index in [0.29, 0.717) is 0 Å². The van der Waals surface area contributed by atoms with Gasteiger partial charge in [0.15, 0.2) is 0 Å². The van der Waals surface area contributed by atoms with Gasteiger partial charge in [0.05, 0.1) is 5.75 Å². The van der Waals surface area contributed by atoms with Gasteiger partial charge in [0.25, 0.3) is 0 Å². The maximum atomic E-state index is 4.55. The van der Waals surface area contributed by atoms with E-state index in [1.807, 2.05) is 18.8 Å². The molecule has 0 radical (unpaired) electrons. The van der Waals surface area contributed by atoms with Crippen molar-refractivity contribution < 1.29 is 0 Å². The Morgan fingerprint density at radius 1 is 1.19 bits per heavy atom. The standard InChI is InChI=1S/C12H21N3S/c1-5-6-16-8-12-14-9(2)11(7-13-4)10(3)15-12/h13H,5-8H2,1-4H3. The fraction of sp³-hybridized carbons (Fsp3) is 0.667. The van der Waals surface area contributed by atoms with Crippen LogP contribution in [0.4, 0.5) is 0 Å². The summed E-state index contributed by atoms with van der Waals surface area (Å²) in [5.74, 6) is 3.07. The predicted octanol–water partition coefficient (Wildman–Crippen LogP) is 2.46. The Labute approximate surface area is 102 Å². The third kappa shape index (κ3) is 3.76. The molecule has 3 nitrogen and oxygen atoms in total. The maximum Gasteiger partial charge on any atom is 0.138 e. The predicted molar refractivity (Wildman–Crippen MR) is 70.7 cm³/mol. The van der Waals surface area contributed by atoms with Crippen LogP contribution in [0.15, 0.2) is 0 Å². The second-order valence-electron chi connectivity index (χ2n) is 3.87. The van der Waals surface area contributed by atoms with Gasteiger partial charge in [-0.2, -0.15) is 11.8 Å². The first kappa shape index (κ1) is 13.5. The van der Waals surface area contributed by atoms with Crippen LogP contribution in [0, 0.1) is 13.8 Å². The summed E-state index contributed by atoms with van der Waals surface area (Å²) >= 11 is 1.90. The molecule has 0 saturated heterocycles. The molecule has 0 aliphatic carbocycles. The molecule has 0 bridgehead atoms. The summed E-state index contributed by atoms with van der Waals surface area (Å²) in [5, 5.41) is 3.15. The number of hydrogen-bond acceptors (Lipinski definition) is 4. The lowest BCUT2D eigenvalue weighted by Crippen LogP contribution is -2.12. The molecule has 0 aliphatic rings. The van der Waals surface area contributed by atoms with Crippen LogP contribution in [0.25, 0.3) is 0 Å². The largest absolute Gasteiger partial charge is 0.316 e. The summed E-state index contributed by atoms with van der Waals surface area (Å²) in [7, 11) is 1.95. The molecule has 0 unspecified atom stereocenters. The van der Waals surface area contributed by atoms with Gasteiger partial charge in [-0.1, -0.05) is 6.92 Å². The van der Waals surface area contributed by atoms with Crippen LogP contribution in [0.5, 0.6) is 0 Å². The van der Waals surface area contributed by atoms with E-state index in [-0.39, 0.29) is 0 Å². The molecule has 16 heavy (non-hydrogen) atoms. The van der Waals surface area contributed by atoms with Crippen molar-refractivity contribution in [2.24, 2.45) is 0 Å². The van der Waals surface area contributed by atoms with Crippen molar-refractivity contribution in [2.75, 3.05) is 12.8 Å². The van der Waals surface area contributed by atoms with Gasteiger partial charge in [-0.3, -0.25) is 0 Å². The van der Waals surface area contributed by atoms with Gasteiger partial charge >= 0.3 is 0 Å². The van der Waals surface area contributed by atoms with Gasteiger partial charge in [0.2, 0.25) is 0 Å². The molecule has 1 aromatic rings. The van der Waals surface area contributed by atoms with Crippen LogP contribution in [0.3, 0.4) is 0 Å². The summed E-state index contributed by atoms with van der Waals surface area (Å²) in [5.41, 5.74) is 3.44. The molecule has 0 aromatic carbocycles. The van der Waals surface area contributed by atoms with Crippen molar-refractivity contribution in [3.63, 3.8) is 0 Å². The minimum atomic E-state index is 0.847. The quantitative estimate of drug-likeness (QED) is 0.774. The van der Waals surface area contributed by atoms with Crippen molar-refractivity contribution in [1.82, 2.24) is 15.3 Å². The summed E-state index contributed by atoms with van der Waals surface area (Å²) in [6, 6.07) is 0. The number of thioether (sulfide) groups is 1. The third-order valence-electron chi connectivity index (χ3n) is 2.40. The number of rotatable bonds is 6. The molecule has 4 heteroatoms. The molecule has 1 rings (SSSR count). The lowest BCUT2D eigenvalue weighted by atomic mass is 10.1. The molecule has 0 atom stereocenters. The summed E-state index contributed by atoms with van der Waals surface area (Å²) in [6.07, 6.45) is 1.21. The molecule has 0 spiro atoms. The normalized spacial score (nSPS) is 10.8. The van der Waals surface area contributed by atoms with Gasteiger partial charge in [-0.05, 0) is 33.1 Å². The van der Waals surface area contributed by atoms with Crippen LogP contribution in [0.2, 0.25) is 0 Å². The molecule has 0 aliphatic heterocycles. The Morgan fingerprint density at radius 2 is 1.81 bits per heavy atom. The SMILES string of the molecule is CCCSCc1nc(C)c(CNC)c(C)n1. The third-order valence-corrected chi connectivity index (χ3v) is 3.56. The van der Waals surface area contributed by atoms with Gasteiger partial charge in [0, 0.05) is 23.5 Å². The minimum Gasteiger partial charge on any atom is -0.316 e. The van der Waals surface area contributed by atoms with Gasteiger partial charge in [-0.25, -0.2) is 9.97 Å². The monoisotopic (exact) mass is 239 g/mol. The lowest BCUT2D eigenvalue weighted by molar-refractivity contribution is 0.778. The van der Waals surface area contributed by atoms with Crippen LogP contribution < -0.4 is 5.32 Å². The average Bonchev–Trinajstić information content (AvgIpc) is 2.24. The Morgan fingerprint density at radius 3 is 2.31 bits per heavy atom. The van der Waals surface area contributed by atoms with Crippen LogP contribution in [-0.2, 0) is 12.3 Å². The molecule has 1 N–H and O–H groups in total. The Hall–Kier alpha value is -0.610. The average molecular weight is 239 g/mol. The lowest BCUT2D eigenvalue weighted by Gasteiger charge is -2.10. The summed E-state index contributed by atoms with van der Waals surface area (Å²) < 4.78 is 0. The van der Waals surface area contributed by atoms with Crippen molar-refractivity contribution >= 4 is 11.8 Å². The number of aryl methyl sites for hydroxylation is 2. The van der Waals surface area contributed by atoms with Gasteiger partial charge < -0.3 is 5.32 Å². The fourth-order valence-corrected chi connectivity index (χ4v) is 2.36. The van der Waals surface area contributed by atoms with Gasteiger partial charge in [0.1, 0.15) is 5.82 Å². The zero-order chi connectivity index (χ0) is 12.0. The Balaban J connectivity index is 2.75. The van der Waals surface area contributed by atoms with Crippen molar-refractivity contribution in [2.45, 2.75) is 39.5 Å². The zero-order valence-corrected chi connectivity index (χ0v) is 11.4. The first-order chi connectivity index (χ1) is 7.69. The fourth-order valence-electron chi connectivity index (χ4n) is 1.61. The van der Waals surface area contributed by atoms with Crippen LogP contribution in [0.1, 0.15) is 36.1 Å². The second kappa shape index (κ2) is 6.86. The van der Waals surface area contributed by atoms with Gasteiger partial charge in [-0.15, -0.1) is 0 Å². The van der Waals surface area contributed by atoms with E-state index in [9.17, 15) is 0 Å². The van der Waals surface area contributed by atoms with Crippen molar-refractivity contribution in [3.8, 4) is 0 Å². The Bertz CT molecular complexity index is 316. The zero-order valence-electron chi connectivity index (χ0n) is 10.6. The highest BCUT2D eigenvalue weighted by molar-refractivity contribution is 7.98. The number of aromatic nitrogens is 2. The Kier molecular flexibility index (Phi) is 5.77.